The van der Waals surface area contributed by atoms with E-state index >= 15 is 0 Å². The number of benzene rings is 1. The van der Waals surface area contributed by atoms with Gasteiger partial charge < -0.3 is 10.0 Å². The Morgan fingerprint density at radius 3 is 2.35 bits per heavy atom. The number of hydrogen-bond donors (Lipinski definition) is 2. The van der Waals surface area contributed by atoms with E-state index in [1.165, 1.54) is 12.8 Å². The van der Waals surface area contributed by atoms with Gasteiger partial charge in [-0.25, -0.2) is 0 Å². The second kappa shape index (κ2) is 5.21. The van der Waals surface area contributed by atoms with Crippen molar-refractivity contribution in [2.24, 2.45) is 0 Å². The van der Waals surface area contributed by atoms with Crippen LogP contribution >= 0.6 is 0 Å². The van der Waals surface area contributed by atoms with Crippen LogP contribution in [0.5, 0.6) is 0 Å². The lowest BCUT2D eigenvalue weighted by molar-refractivity contribution is 0.205. The van der Waals surface area contributed by atoms with Gasteiger partial charge in [-0.15, -0.1) is 0 Å². The van der Waals surface area contributed by atoms with Crippen molar-refractivity contribution in [1.29, 1.82) is 0 Å². The zero-order chi connectivity index (χ0) is 12.4. The highest BCUT2D eigenvalue weighted by Gasteiger charge is 2.28. The molecule has 1 saturated heterocycles. The molecule has 0 aromatic heterocycles. The van der Waals surface area contributed by atoms with Gasteiger partial charge in [0.25, 0.3) is 0 Å². The van der Waals surface area contributed by atoms with Gasteiger partial charge in [-0.2, -0.15) is 0 Å². The molecule has 1 fully saturated rings. The minimum Gasteiger partial charge on any atom is -0.423 e. The first-order valence-corrected chi connectivity index (χ1v) is 6.29. The second-order valence-corrected chi connectivity index (χ2v) is 5.02. The number of hydrogen-bond acceptors (Lipinski definition) is 3. The van der Waals surface area contributed by atoms with Crippen LogP contribution in [-0.2, 0) is 6.54 Å². The maximum atomic E-state index is 9.35. The molecule has 17 heavy (non-hydrogen) atoms. The fourth-order valence-electron chi connectivity index (χ4n) is 2.69. The fraction of sp³-hybridized carbons (Fsp3) is 0.538. The summed E-state index contributed by atoms with van der Waals surface area (Å²) in [4.78, 5) is 2.43. The van der Waals surface area contributed by atoms with E-state index in [4.69, 9.17) is 0 Å². The van der Waals surface area contributed by atoms with E-state index in [1.54, 1.807) is 6.07 Å². The lowest BCUT2D eigenvalue weighted by atomic mass is 9.77. The third-order valence-corrected chi connectivity index (χ3v) is 3.82. The number of rotatable bonds is 3. The first-order valence-electron chi connectivity index (χ1n) is 6.29. The van der Waals surface area contributed by atoms with Crippen LogP contribution < -0.4 is 5.46 Å². The predicted molar refractivity (Wildman–Crippen MR) is 70.0 cm³/mol. The van der Waals surface area contributed by atoms with Gasteiger partial charge >= 0.3 is 7.12 Å². The summed E-state index contributed by atoms with van der Waals surface area (Å²) in [7, 11) is -1.38. The van der Waals surface area contributed by atoms with E-state index in [0.29, 0.717) is 17.5 Å². The van der Waals surface area contributed by atoms with E-state index in [-0.39, 0.29) is 0 Å². The molecule has 0 radical (unpaired) electrons. The van der Waals surface area contributed by atoms with Crippen LogP contribution in [0, 0.1) is 0 Å². The Bertz CT molecular complexity index is 373. The topological polar surface area (TPSA) is 43.7 Å². The van der Waals surface area contributed by atoms with Crippen LogP contribution in [0.1, 0.15) is 32.3 Å². The third-order valence-electron chi connectivity index (χ3n) is 3.82. The number of nitrogens with zero attached hydrogens (tertiary/aromatic N) is 1. The summed E-state index contributed by atoms with van der Waals surface area (Å²) in [5.74, 6) is 0. The largest absolute Gasteiger partial charge is 0.488 e. The molecular weight excluding hydrogens is 213 g/mol. The Morgan fingerprint density at radius 2 is 1.76 bits per heavy atom. The number of likely N-dealkylation sites (tertiary alicyclic amines) is 1. The molecule has 1 aliphatic rings. The summed E-state index contributed by atoms with van der Waals surface area (Å²) in [5, 5.41) is 18.7. The quantitative estimate of drug-likeness (QED) is 0.757. The van der Waals surface area contributed by atoms with Gasteiger partial charge in [0.2, 0.25) is 0 Å². The van der Waals surface area contributed by atoms with E-state index in [2.05, 4.69) is 18.7 Å². The molecule has 1 aromatic carbocycles. The van der Waals surface area contributed by atoms with Crippen LogP contribution in [0.4, 0.5) is 0 Å². The first kappa shape index (κ1) is 12.6. The Hall–Kier alpha value is -0.835. The molecule has 0 amide bonds. The smallest absolute Gasteiger partial charge is 0.423 e. The van der Waals surface area contributed by atoms with Crippen molar-refractivity contribution >= 4 is 12.6 Å². The lowest BCUT2D eigenvalue weighted by Crippen LogP contribution is -2.38. The van der Waals surface area contributed by atoms with Gasteiger partial charge in [0.05, 0.1) is 0 Å². The molecule has 3 nitrogen and oxygen atoms in total. The van der Waals surface area contributed by atoms with Gasteiger partial charge in [-0.1, -0.05) is 24.3 Å². The lowest BCUT2D eigenvalue weighted by Gasteiger charge is -2.27. The normalized spacial score (nSPS) is 25.2. The van der Waals surface area contributed by atoms with Crippen molar-refractivity contribution in [1.82, 2.24) is 4.90 Å². The van der Waals surface area contributed by atoms with E-state index < -0.39 is 7.12 Å². The van der Waals surface area contributed by atoms with Crippen molar-refractivity contribution in [3.05, 3.63) is 29.8 Å². The van der Waals surface area contributed by atoms with E-state index in [9.17, 15) is 10.0 Å². The Kier molecular flexibility index (Phi) is 3.87. The molecule has 4 heteroatoms. The molecule has 92 valence electrons. The van der Waals surface area contributed by atoms with Gasteiger partial charge in [-0.3, -0.25) is 4.90 Å². The monoisotopic (exact) mass is 233 g/mol. The van der Waals surface area contributed by atoms with Gasteiger partial charge in [0.1, 0.15) is 0 Å². The summed E-state index contributed by atoms with van der Waals surface area (Å²) in [6.45, 7) is 5.28. The van der Waals surface area contributed by atoms with Crippen molar-refractivity contribution in [2.45, 2.75) is 45.3 Å². The van der Waals surface area contributed by atoms with Crippen LogP contribution in [0.3, 0.4) is 0 Å². The maximum absolute atomic E-state index is 9.35. The summed E-state index contributed by atoms with van der Waals surface area (Å²) in [6.07, 6.45) is 2.45. The molecule has 0 spiro atoms. The minimum absolute atomic E-state index is 0.578. The Morgan fingerprint density at radius 1 is 1.18 bits per heavy atom. The molecule has 0 bridgehead atoms. The Labute approximate surface area is 103 Å². The second-order valence-electron chi connectivity index (χ2n) is 5.02. The van der Waals surface area contributed by atoms with E-state index in [1.807, 2.05) is 18.2 Å². The Balaban J connectivity index is 2.18. The summed E-state index contributed by atoms with van der Waals surface area (Å²) in [5.41, 5.74) is 1.64. The van der Waals surface area contributed by atoms with Crippen LogP contribution in [-0.4, -0.2) is 34.2 Å². The average Bonchev–Trinajstić information content (AvgIpc) is 2.61. The molecule has 1 aliphatic heterocycles. The van der Waals surface area contributed by atoms with Gasteiger partial charge in [0.15, 0.2) is 0 Å². The van der Waals surface area contributed by atoms with Crippen LogP contribution in [0.25, 0.3) is 0 Å². The molecular formula is C13H20BNO2. The highest BCUT2D eigenvalue weighted by molar-refractivity contribution is 6.59. The average molecular weight is 233 g/mol. The van der Waals surface area contributed by atoms with Crippen molar-refractivity contribution in [2.75, 3.05) is 0 Å². The van der Waals surface area contributed by atoms with Crippen molar-refractivity contribution in [3.63, 3.8) is 0 Å². The van der Waals surface area contributed by atoms with Crippen molar-refractivity contribution < 1.29 is 10.0 Å². The maximum Gasteiger partial charge on any atom is 0.488 e. The third kappa shape index (κ3) is 2.71. The highest BCUT2D eigenvalue weighted by atomic mass is 16.4. The predicted octanol–water partition coefficient (Wildman–Crippen LogP) is 0.739. The minimum atomic E-state index is -1.38. The zero-order valence-corrected chi connectivity index (χ0v) is 10.5. The molecule has 1 heterocycles. The molecule has 2 N–H and O–H groups in total. The molecule has 2 atom stereocenters. The zero-order valence-electron chi connectivity index (χ0n) is 10.5. The van der Waals surface area contributed by atoms with Crippen LogP contribution in [0.2, 0.25) is 0 Å². The van der Waals surface area contributed by atoms with Gasteiger partial charge in [0, 0.05) is 18.6 Å². The first-order chi connectivity index (χ1) is 8.09. The fourth-order valence-corrected chi connectivity index (χ4v) is 2.69. The summed E-state index contributed by atoms with van der Waals surface area (Å²) < 4.78 is 0. The van der Waals surface area contributed by atoms with Crippen molar-refractivity contribution in [3.8, 4) is 0 Å². The molecule has 1 aromatic rings. The van der Waals surface area contributed by atoms with Gasteiger partial charge in [-0.05, 0) is 37.7 Å². The highest BCUT2D eigenvalue weighted by Crippen LogP contribution is 2.25. The summed E-state index contributed by atoms with van der Waals surface area (Å²) in [6, 6.07) is 8.71. The molecule has 1 unspecified atom stereocenters. The molecule has 0 saturated carbocycles. The molecule has 2 rings (SSSR count). The summed E-state index contributed by atoms with van der Waals surface area (Å²) >= 11 is 0. The van der Waals surface area contributed by atoms with Crippen LogP contribution in [0.15, 0.2) is 24.3 Å². The molecule has 0 aliphatic carbocycles. The standard InChI is InChI=1S/C13H20BNO2/c1-10-7-8-11(2)15(10)9-12-5-3-4-6-13(12)14(16)17/h3-6,10-11,16-17H,7-9H2,1-2H3/t10-,11?/m0/s1. The van der Waals surface area contributed by atoms with E-state index in [0.717, 1.165) is 12.1 Å². The SMILES string of the molecule is CC1CC[C@H](C)N1Cc1ccccc1B(O)O.